The first-order valence-electron chi connectivity index (χ1n) is 5.34. The van der Waals surface area contributed by atoms with Crippen LogP contribution in [0.25, 0.3) is 0 Å². The molecule has 4 N–H and O–H groups in total. The lowest BCUT2D eigenvalue weighted by atomic mass is 10.4. The predicted octanol–water partition coefficient (Wildman–Crippen LogP) is 0.204. The van der Waals surface area contributed by atoms with Crippen molar-refractivity contribution in [1.82, 2.24) is 9.97 Å². The molecule has 94 valence electrons. The van der Waals surface area contributed by atoms with E-state index in [1.165, 1.54) is 13.4 Å². The molecule has 0 spiro atoms. The molecular weight excluding hydrogens is 222 g/mol. The van der Waals surface area contributed by atoms with Crippen molar-refractivity contribution >= 4 is 17.5 Å². The van der Waals surface area contributed by atoms with Gasteiger partial charge in [0.05, 0.1) is 13.7 Å². The van der Waals surface area contributed by atoms with E-state index in [1.807, 2.05) is 6.92 Å². The van der Waals surface area contributed by atoms with E-state index in [0.717, 1.165) is 13.0 Å². The largest absolute Gasteiger partial charge is 0.490 e. The average molecular weight is 239 g/mol. The molecule has 0 radical (unpaired) electrons. The number of anilines is 2. The highest BCUT2D eigenvalue weighted by Crippen LogP contribution is 2.28. The molecule has 0 unspecified atom stereocenters. The van der Waals surface area contributed by atoms with E-state index in [2.05, 4.69) is 20.6 Å². The van der Waals surface area contributed by atoms with Crippen LogP contribution >= 0.6 is 0 Å². The summed E-state index contributed by atoms with van der Waals surface area (Å²) < 4.78 is 5.20. The molecule has 17 heavy (non-hydrogen) atoms. The average Bonchev–Trinajstić information content (AvgIpc) is 2.33. The molecule has 1 rings (SSSR count). The fraction of sp³-hybridized carbons (Fsp3) is 0.500. The van der Waals surface area contributed by atoms with Gasteiger partial charge in [-0.3, -0.25) is 4.79 Å². The molecule has 7 heteroatoms. The maximum atomic E-state index is 10.7. The number of ether oxygens (including phenoxy) is 1. The number of rotatable bonds is 7. The summed E-state index contributed by atoms with van der Waals surface area (Å²) in [7, 11) is 1.52. The van der Waals surface area contributed by atoms with Crippen molar-refractivity contribution in [3.8, 4) is 5.75 Å². The Hall–Kier alpha value is -2.05. The first-order valence-corrected chi connectivity index (χ1v) is 5.34. The Bertz CT molecular complexity index is 383. The number of nitrogens with zero attached hydrogens (tertiary/aromatic N) is 2. The number of methoxy groups -OCH3 is 1. The zero-order chi connectivity index (χ0) is 12.7. The number of nitrogens with one attached hydrogen (secondary N) is 2. The highest BCUT2D eigenvalue weighted by atomic mass is 16.5. The highest BCUT2D eigenvalue weighted by Gasteiger charge is 2.11. The number of hydrogen-bond acceptors (Lipinski definition) is 6. The number of nitrogens with two attached hydrogens (primary N) is 1. The second kappa shape index (κ2) is 6.51. The Morgan fingerprint density at radius 3 is 2.59 bits per heavy atom. The molecule has 0 saturated carbocycles. The summed E-state index contributed by atoms with van der Waals surface area (Å²) >= 11 is 0. The lowest BCUT2D eigenvalue weighted by Crippen LogP contribution is -2.22. The zero-order valence-corrected chi connectivity index (χ0v) is 9.99. The van der Waals surface area contributed by atoms with Crippen molar-refractivity contribution in [2.75, 3.05) is 30.8 Å². The van der Waals surface area contributed by atoms with Crippen molar-refractivity contribution in [2.45, 2.75) is 13.3 Å². The predicted molar refractivity (Wildman–Crippen MR) is 65.0 cm³/mol. The summed E-state index contributed by atoms with van der Waals surface area (Å²) in [6.07, 6.45) is 2.36. The second-order valence-corrected chi connectivity index (χ2v) is 3.35. The summed E-state index contributed by atoms with van der Waals surface area (Å²) in [4.78, 5) is 18.8. The van der Waals surface area contributed by atoms with Crippen molar-refractivity contribution in [2.24, 2.45) is 5.73 Å². The van der Waals surface area contributed by atoms with Gasteiger partial charge in [0, 0.05) is 6.54 Å². The Kier molecular flexibility index (Phi) is 4.99. The van der Waals surface area contributed by atoms with Crippen LogP contribution < -0.4 is 21.1 Å². The van der Waals surface area contributed by atoms with Crippen LogP contribution in [0.3, 0.4) is 0 Å². The van der Waals surface area contributed by atoms with Gasteiger partial charge in [-0.25, -0.2) is 9.97 Å². The molecule has 1 amide bonds. The van der Waals surface area contributed by atoms with Gasteiger partial charge in [-0.15, -0.1) is 0 Å². The third-order valence-electron chi connectivity index (χ3n) is 1.98. The molecular formula is C10H17N5O2. The van der Waals surface area contributed by atoms with Crippen LogP contribution in [0.2, 0.25) is 0 Å². The van der Waals surface area contributed by atoms with Crippen molar-refractivity contribution in [3.63, 3.8) is 0 Å². The summed E-state index contributed by atoms with van der Waals surface area (Å²) in [5.74, 6) is 1.05. The van der Waals surface area contributed by atoms with Crippen LogP contribution in [-0.4, -0.2) is 36.1 Å². The van der Waals surface area contributed by atoms with Crippen LogP contribution in [0, 0.1) is 0 Å². The highest BCUT2D eigenvalue weighted by molar-refractivity contribution is 5.79. The summed E-state index contributed by atoms with van der Waals surface area (Å²) in [6.45, 7) is 2.83. The zero-order valence-electron chi connectivity index (χ0n) is 9.99. The van der Waals surface area contributed by atoms with Gasteiger partial charge in [0.2, 0.25) is 11.7 Å². The number of amides is 1. The van der Waals surface area contributed by atoms with Crippen molar-refractivity contribution in [1.29, 1.82) is 0 Å². The Morgan fingerprint density at radius 2 is 2.06 bits per heavy atom. The molecule has 0 aromatic carbocycles. The van der Waals surface area contributed by atoms with E-state index >= 15 is 0 Å². The Labute approximate surface area is 99.8 Å². The summed E-state index contributed by atoms with van der Waals surface area (Å²) in [6, 6.07) is 0. The summed E-state index contributed by atoms with van der Waals surface area (Å²) in [5, 5.41) is 5.90. The molecule has 0 atom stereocenters. The smallest absolute Gasteiger partial charge is 0.236 e. The monoisotopic (exact) mass is 239 g/mol. The van der Waals surface area contributed by atoms with E-state index in [0.29, 0.717) is 17.4 Å². The molecule has 0 aliphatic heterocycles. The van der Waals surface area contributed by atoms with Gasteiger partial charge < -0.3 is 21.1 Å². The van der Waals surface area contributed by atoms with Gasteiger partial charge in [0.25, 0.3) is 0 Å². The maximum absolute atomic E-state index is 10.7. The number of primary amides is 1. The lowest BCUT2D eigenvalue weighted by Gasteiger charge is -2.13. The molecule has 7 nitrogen and oxygen atoms in total. The minimum Gasteiger partial charge on any atom is -0.490 e. The molecule has 1 heterocycles. The van der Waals surface area contributed by atoms with E-state index in [1.54, 1.807) is 0 Å². The van der Waals surface area contributed by atoms with Gasteiger partial charge in [-0.2, -0.15) is 0 Å². The molecule has 0 aliphatic rings. The van der Waals surface area contributed by atoms with Crippen LogP contribution in [0.1, 0.15) is 13.3 Å². The first-order chi connectivity index (χ1) is 8.19. The quantitative estimate of drug-likeness (QED) is 0.628. The summed E-state index contributed by atoms with van der Waals surface area (Å²) in [5.41, 5.74) is 5.05. The lowest BCUT2D eigenvalue weighted by molar-refractivity contribution is -0.116. The molecule has 0 fully saturated rings. The third kappa shape index (κ3) is 3.78. The second-order valence-electron chi connectivity index (χ2n) is 3.35. The van der Waals surface area contributed by atoms with Gasteiger partial charge in [0.1, 0.15) is 6.33 Å². The maximum Gasteiger partial charge on any atom is 0.236 e. The first kappa shape index (κ1) is 13.0. The van der Waals surface area contributed by atoms with Crippen molar-refractivity contribution in [3.05, 3.63) is 6.33 Å². The number of hydrogen-bond donors (Lipinski definition) is 3. The van der Waals surface area contributed by atoms with Crippen LogP contribution in [-0.2, 0) is 4.79 Å². The molecule has 1 aromatic rings. The number of carbonyl (C=O) groups is 1. The fourth-order valence-corrected chi connectivity index (χ4v) is 1.23. The van der Waals surface area contributed by atoms with Crippen molar-refractivity contribution < 1.29 is 9.53 Å². The SMILES string of the molecule is CCCNc1ncnc(NCC(N)=O)c1OC. The fourth-order valence-electron chi connectivity index (χ4n) is 1.23. The standard InChI is InChI=1S/C10H17N5O2/c1-3-4-12-9-8(17-2)10(15-6-14-9)13-5-7(11)16/h6H,3-5H2,1-2H3,(H2,11,16)(H2,12,13,14,15). The minimum atomic E-state index is -0.464. The number of aromatic nitrogens is 2. The van der Waals surface area contributed by atoms with Crippen LogP contribution in [0.4, 0.5) is 11.6 Å². The Balaban J connectivity index is 2.84. The van der Waals surface area contributed by atoms with Gasteiger partial charge in [-0.05, 0) is 6.42 Å². The van der Waals surface area contributed by atoms with E-state index in [-0.39, 0.29) is 6.54 Å². The molecule has 0 bridgehead atoms. The van der Waals surface area contributed by atoms with Gasteiger partial charge in [-0.1, -0.05) is 6.92 Å². The van der Waals surface area contributed by atoms with E-state index in [9.17, 15) is 4.79 Å². The Morgan fingerprint density at radius 1 is 1.41 bits per heavy atom. The topological polar surface area (TPSA) is 102 Å². The normalized spacial score (nSPS) is 9.76. The van der Waals surface area contributed by atoms with E-state index < -0.39 is 5.91 Å². The van der Waals surface area contributed by atoms with Crippen LogP contribution in [0.15, 0.2) is 6.33 Å². The van der Waals surface area contributed by atoms with E-state index in [4.69, 9.17) is 10.5 Å². The number of carbonyl (C=O) groups excluding carboxylic acids is 1. The molecule has 0 aliphatic carbocycles. The van der Waals surface area contributed by atoms with Gasteiger partial charge >= 0.3 is 0 Å². The minimum absolute atomic E-state index is 0.000586. The molecule has 1 aromatic heterocycles. The van der Waals surface area contributed by atoms with Crippen LogP contribution in [0.5, 0.6) is 5.75 Å². The third-order valence-corrected chi connectivity index (χ3v) is 1.98. The van der Waals surface area contributed by atoms with Gasteiger partial charge in [0.15, 0.2) is 11.6 Å². The molecule has 0 saturated heterocycles.